The lowest BCUT2D eigenvalue weighted by Crippen LogP contribution is -2.40. The molecule has 1 atom stereocenters. The van der Waals surface area contributed by atoms with E-state index in [0.29, 0.717) is 23.7 Å². The summed E-state index contributed by atoms with van der Waals surface area (Å²) < 4.78 is 37.3. The Morgan fingerprint density at radius 2 is 1.90 bits per heavy atom. The van der Waals surface area contributed by atoms with E-state index in [9.17, 15) is 18.0 Å². The molecule has 1 aliphatic heterocycles. The average molecular weight is 454 g/mol. The first-order valence-electron chi connectivity index (χ1n) is 9.08. The quantitative estimate of drug-likeness (QED) is 0.607. The molecule has 0 saturated heterocycles. The third-order valence-corrected chi connectivity index (χ3v) is 7.47. The van der Waals surface area contributed by atoms with Crippen molar-refractivity contribution in [3.05, 3.63) is 40.3 Å². The van der Waals surface area contributed by atoms with Gasteiger partial charge in [0.2, 0.25) is 10.0 Å². The number of hydrogen-bond acceptors (Lipinski definition) is 8. The summed E-state index contributed by atoms with van der Waals surface area (Å²) in [4.78, 5) is 27.0. The number of carbonyl (C=O) groups excluding carboxylic acids is 2. The number of imide groups is 1. The van der Waals surface area contributed by atoms with E-state index in [1.54, 1.807) is 25.1 Å². The van der Waals surface area contributed by atoms with Crippen molar-refractivity contribution < 1.29 is 27.5 Å². The van der Waals surface area contributed by atoms with Gasteiger partial charge in [-0.1, -0.05) is 6.07 Å². The van der Waals surface area contributed by atoms with Gasteiger partial charge in [-0.05, 0) is 24.6 Å². The molecular weight excluding hydrogens is 430 g/mol. The van der Waals surface area contributed by atoms with E-state index in [-0.39, 0.29) is 16.1 Å². The third kappa shape index (κ3) is 3.75. The molecule has 1 aromatic carbocycles. The van der Waals surface area contributed by atoms with Gasteiger partial charge < -0.3 is 15.2 Å². The van der Waals surface area contributed by atoms with Crippen LogP contribution in [0.5, 0.6) is 11.5 Å². The summed E-state index contributed by atoms with van der Waals surface area (Å²) in [6, 6.07) is 3.75. The zero-order valence-corrected chi connectivity index (χ0v) is 18.7. The van der Waals surface area contributed by atoms with Crippen molar-refractivity contribution in [1.29, 1.82) is 0 Å². The van der Waals surface area contributed by atoms with E-state index in [2.05, 4.69) is 0 Å². The lowest BCUT2D eigenvalue weighted by Gasteiger charge is -2.28. The molecule has 2 N–H and O–H groups in total. The molecule has 2 heterocycles. The fourth-order valence-corrected chi connectivity index (χ4v) is 5.03. The lowest BCUT2D eigenvalue weighted by molar-refractivity contribution is 0.0597. The number of nitrogens with two attached hydrogens (primary N) is 1. The molecular formula is C19H23N3O6S2. The van der Waals surface area contributed by atoms with E-state index in [0.717, 1.165) is 20.5 Å². The second-order valence-corrected chi connectivity index (χ2v) is 9.93. The standard InChI is InChI=1S/C19H23N3O6S2/c1-5-28-15-8-11(6-7-14(15)27-4)13(10-30(25,26)21(2)3)22-18(23)12-9-29-17(20)16(12)19(22)24/h6-9,13H,5,10,20H2,1-4H3/t13-/m0/s1. The van der Waals surface area contributed by atoms with Crippen molar-refractivity contribution in [2.75, 3.05) is 39.3 Å². The Balaban J connectivity index is 2.12. The Morgan fingerprint density at radius 3 is 2.47 bits per heavy atom. The Hall–Kier alpha value is -2.63. The Labute approximate surface area is 179 Å². The molecule has 3 rings (SSSR count). The molecule has 0 unspecified atom stereocenters. The van der Waals surface area contributed by atoms with Gasteiger partial charge in [0.15, 0.2) is 11.5 Å². The molecule has 0 bridgehead atoms. The maximum absolute atomic E-state index is 13.1. The van der Waals surface area contributed by atoms with Crippen molar-refractivity contribution in [2.45, 2.75) is 13.0 Å². The molecule has 2 aromatic rings. The second-order valence-electron chi connectivity index (χ2n) is 6.79. The van der Waals surface area contributed by atoms with Gasteiger partial charge in [0.1, 0.15) is 0 Å². The number of amides is 2. The molecule has 0 fully saturated rings. The highest BCUT2D eigenvalue weighted by molar-refractivity contribution is 7.89. The van der Waals surface area contributed by atoms with Crippen LogP contribution in [0.2, 0.25) is 0 Å². The normalized spacial score (nSPS) is 14.9. The van der Waals surface area contributed by atoms with Crippen LogP contribution >= 0.6 is 11.3 Å². The zero-order valence-electron chi connectivity index (χ0n) is 17.0. The summed E-state index contributed by atoms with van der Waals surface area (Å²) in [5, 5.41) is 1.74. The lowest BCUT2D eigenvalue weighted by atomic mass is 10.1. The van der Waals surface area contributed by atoms with Gasteiger partial charge in [-0.2, -0.15) is 0 Å². The third-order valence-electron chi connectivity index (χ3n) is 4.81. The highest BCUT2D eigenvalue weighted by Gasteiger charge is 2.44. The number of nitrogen functional groups attached to an aromatic ring is 1. The van der Waals surface area contributed by atoms with E-state index >= 15 is 0 Å². The summed E-state index contributed by atoms with van der Waals surface area (Å²) in [5.74, 6) is -0.824. The summed E-state index contributed by atoms with van der Waals surface area (Å²) in [6.07, 6.45) is 0. The summed E-state index contributed by atoms with van der Waals surface area (Å²) in [7, 11) is 0.515. The number of hydrogen-bond donors (Lipinski definition) is 1. The van der Waals surface area contributed by atoms with Crippen LogP contribution in [0.1, 0.15) is 39.2 Å². The van der Waals surface area contributed by atoms with Crippen molar-refractivity contribution in [1.82, 2.24) is 9.21 Å². The Morgan fingerprint density at radius 1 is 1.20 bits per heavy atom. The van der Waals surface area contributed by atoms with Gasteiger partial charge in [-0.3, -0.25) is 14.5 Å². The van der Waals surface area contributed by atoms with Crippen molar-refractivity contribution in [3.8, 4) is 11.5 Å². The van der Waals surface area contributed by atoms with Gasteiger partial charge in [-0.25, -0.2) is 12.7 Å². The van der Waals surface area contributed by atoms with E-state index in [1.165, 1.54) is 26.6 Å². The minimum Gasteiger partial charge on any atom is -0.493 e. The van der Waals surface area contributed by atoms with Crippen LogP contribution in [0, 0.1) is 0 Å². The van der Waals surface area contributed by atoms with Crippen LogP contribution in [0.3, 0.4) is 0 Å². The molecule has 162 valence electrons. The zero-order chi connectivity index (χ0) is 22.2. The monoisotopic (exact) mass is 453 g/mol. The first-order valence-corrected chi connectivity index (χ1v) is 11.6. The van der Waals surface area contributed by atoms with Crippen LogP contribution in [-0.4, -0.2) is 63.0 Å². The van der Waals surface area contributed by atoms with Crippen LogP contribution < -0.4 is 15.2 Å². The summed E-state index contributed by atoms with van der Waals surface area (Å²) in [6.45, 7) is 2.16. The molecule has 0 radical (unpaired) electrons. The van der Waals surface area contributed by atoms with Crippen LogP contribution in [0.4, 0.5) is 5.00 Å². The highest BCUT2D eigenvalue weighted by Crippen LogP contribution is 2.40. The SMILES string of the molecule is CCOc1cc([C@H](CS(=O)(=O)N(C)C)N2C(=O)c3csc(N)c3C2=O)ccc1OC. The predicted molar refractivity (Wildman–Crippen MR) is 114 cm³/mol. The van der Waals surface area contributed by atoms with Crippen molar-refractivity contribution >= 4 is 38.2 Å². The van der Waals surface area contributed by atoms with Crippen molar-refractivity contribution in [2.24, 2.45) is 0 Å². The highest BCUT2D eigenvalue weighted by atomic mass is 32.2. The molecule has 0 aliphatic carbocycles. The summed E-state index contributed by atoms with van der Waals surface area (Å²) in [5.41, 5.74) is 6.62. The van der Waals surface area contributed by atoms with E-state index < -0.39 is 33.6 Å². The van der Waals surface area contributed by atoms with E-state index in [1.807, 2.05) is 0 Å². The minimum absolute atomic E-state index is 0.121. The Bertz CT molecular complexity index is 1090. The average Bonchev–Trinajstić information content (AvgIpc) is 3.19. The van der Waals surface area contributed by atoms with Gasteiger partial charge >= 0.3 is 0 Å². The topological polar surface area (TPSA) is 119 Å². The second kappa shape index (κ2) is 8.25. The number of anilines is 1. The first kappa shape index (κ1) is 22.1. The van der Waals surface area contributed by atoms with Gasteiger partial charge in [-0.15, -0.1) is 11.3 Å². The van der Waals surface area contributed by atoms with Crippen LogP contribution in [0.15, 0.2) is 23.6 Å². The van der Waals surface area contributed by atoms with Gasteiger partial charge in [0.05, 0.1) is 41.6 Å². The molecule has 1 aromatic heterocycles. The molecule has 11 heteroatoms. The fraction of sp³-hybridized carbons (Fsp3) is 0.368. The number of sulfonamides is 1. The summed E-state index contributed by atoms with van der Waals surface area (Å²) >= 11 is 1.10. The smallest absolute Gasteiger partial charge is 0.265 e. The number of fused-ring (bicyclic) bond motifs is 1. The van der Waals surface area contributed by atoms with Gasteiger partial charge in [0, 0.05) is 19.5 Å². The number of methoxy groups -OCH3 is 1. The largest absolute Gasteiger partial charge is 0.493 e. The maximum Gasteiger partial charge on any atom is 0.265 e. The van der Waals surface area contributed by atoms with Crippen LogP contribution in [-0.2, 0) is 10.0 Å². The molecule has 9 nitrogen and oxygen atoms in total. The molecule has 0 spiro atoms. The first-order chi connectivity index (χ1) is 14.1. The number of rotatable bonds is 8. The van der Waals surface area contributed by atoms with E-state index in [4.69, 9.17) is 15.2 Å². The molecule has 1 aliphatic rings. The Kier molecular flexibility index (Phi) is 6.06. The van der Waals surface area contributed by atoms with Crippen molar-refractivity contribution in [3.63, 3.8) is 0 Å². The number of benzene rings is 1. The molecule has 30 heavy (non-hydrogen) atoms. The number of carbonyl (C=O) groups is 2. The maximum atomic E-state index is 13.1. The molecule has 0 saturated carbocycles. The predicted octanol–water partition coefficient (Wildman–Crippen LogP) is 1.97. The molecule has 2 amide bonds. The number of nitrogens with zero attached hydrogens (tertiary/aromatic N) is 2. The minimum atomic E-state index is -3.76. The fourth-order valence-electron chi connectivity index (χ4n) is 3.21. The van der Waals surface area contributed by atoms with Gasteiger partial charge in [0.25, 0.3) is 11.8 Å². The van der Waals surface area contributed by atoms with Crippen LogP contribution in [0.25, 0.3) is 0 Å². The number of ether oxygens (including phenoxy) is 2. The number of thiophene rings is 1.